The number of hydrogen-bond acceptors (Lipinski definition) is 6. The lowest BCUT2D eigenvalue weighted by Gasteiger charge is -2.22. The molecule has 7 heteroatoms. The lowest BCUT2D eigenvalue weighted by molar-refractivity contribution is 0.204. The van der Waals surface area contributed by atoms with Crippen LogP contribution in [0.15, 0.2) is 40.8 Å². The normalized spacial score (nSPS) is 14.4. The summed E-state index contributed by atoms with van der Waals surface area (Å²) < 4.78 is 26.6. The highest BCUT2D eigenvalue weighted by atomic mass is 19.1. The van der Waals surface area contributed by atoms with Gasteiger partial charge in [0.2, 0.25) is 0 Å². The van der Waals surface area contributed by atoms with Gasteiger partial charge in [-0.05, 0) is 88.3 Å². The zero-order chi connectivity index (χ0) is 26.3. The second kappa shape index (κ2) is 12.8. The molecule has 0 saturated carbocycles. The fourth-order valence-electron chi connectivity index (χ4n) is 5.39. The zero-order valence-corrected chi connectivity index (χ0v) is 22.9. The van der Waals surface area contributed by atoms with Crippen LogP contribution in [0.3, 0.4) is 0 Å². The first kappa shape index (κ1) is 26.7. The average molecular weight is 521 g/mol. The first-order chi connectivity index (χ1) is 18.7. The molecule has 4 aromatic rings. The van der Waals surface area contributed by atoms with Gasteiger partial charge in [0.15, 0.2) is 5.58 Å². The third-order valence-corrected chi connectivity index (χ3v) is 7.58. The number of furan rings is 1. The lowest BCUT2D eigenvalue weighted by atomic mass is 10.1. The molecule has 0 spiro atoms. The van der Waals surface area contributed by atoms with Crippen LogP contribution in [0.4, 0.5) is 10.1 Å². The van der Waals surface area contributed by atoms with E-state index in [4.69, 9.17) is 14.1 Å². The van der Waals surface area contributed by atoms with Crippen molar-refractivity contribution in [2.75, 3.05) is 57.7 Å². The van der Waals surface area contributed by atoms with Gasteiger partial charge in [0.25, 0.3) is 0 Å². The summed E-state index contributed by atoms with van der Waals surface area (Å²) in [5.74, 6) is 0.538. The van der Waals surface area contributed by atoms with Crippen molar-refractivity contribution >= 4 is 38.7 Å². The highest BCUT2D eigenvalue weighted by Crippen LogP contribution is 2.38. The Kier molecular flexibility index (Phi) is 8.97. The van der Waals surface area contributed by atoms with Crippen molar-refractivity contribution in [1.82, 2.24) is 14.8 Å². The highest BCUT2D eigenvalue weighted by Gasteiger charge is 2.18. The molecule has 38 heavy (non-hydrogen) atoms. The van der Waals surface area contributed by atoms with Crippen LogP contribution < -0.4 is 10.1 Å². The van der Waals surface area contributed by atoms with E-state index < -0.39 is 0 Å². The number of rotatable bonds is 14. The Labute approximate surface area is 225 Å². The van der Waals surface area contributed by atoms with E-state index in [-0.39, 0.29) is 5.82 Å². The summed E-state index contributed by atoms with van der Waals surface area (Å²) in [7, 11) is 0. The number of likely N-dealkylation sites (tertiary alicyclic amines) is 1. The van der Waals surface area contributed by atoms with Crippen molar-refractivity contribution < 1.29 is 13.5 Å². The molecule has 2 aromatic carbocycles. The van der Waals surface area contributed by atoms with Gasteiger partial charge in [-0.1, -0.05) is 26.7 Å². The SMILES string of the molecule is CCCCN(CCCC)CCOc1ccc2nc3c(oc4ccc(F)cc43)c(NCCN3CCCC3)c2c1. The molecule has 0 radical (unpaired) electrons. The summed E-state index contributed by atoms with van der Waals surface area (Å²) >= 11 is 0. The van der Waals surface area contributed by atoms with Gasteiger partial charge in [-0.2, -0.15) is 0 Å². The first-order valence-corrected chi connectivity index (χ1v) is 14.4. The number of hydrogen-bond donors (Lipinski definition) is 1. The predicted molar refractivity (Wildman–Crippen MR) is 155 cm³/mol. The predicted octanol–water partition coefficient (Wildman–Crippen LogP) is 7.06. The Morgan fingerprint density at radius 1 is 1.00 bits per heavy atom. The molecule has 0 aliphatic carbocycles. The summed E-state index contributed by atoms with van der Waals surface area (Å²) in [5, 5.41) is 5.31. The van der Waals surface area contributed by atoms with Crippen molar-refractivity contribution in [3.8, 4) is 5.75 Å². The van der Waals surface area contributed by atoms with Crippen molar-refractivity contribution in [1.29, 1.82) is 0 Å². The summed E-state index contributed by atoms with van der Waals surface area (Å²) in [6.07, 6.45) is 7.39. The minimum Gasteiger partial charge on any atom is -0.492 e. The monoisotopic (exact) mass is 520 g/mol. The van der Waals surface area contributed by atoms with Gasteiger partial charge in [-0.3, -0.25) is 4.90 Å². The molecule has 2 aromatic heterocycles. The van der Waals surface area contributed by atoms with Gasteiger partial charge >= 0.3 is 0 Å². The van der Waals surface area contributed by atoms with E-state index >= 15 is 0 Å². The molecule has 0 unspecified atom stereocenters. The summed E-state index contributed by atoms with van der Waals surface area (Å²) in [6, 6.07) is 10.7. The number of nitrogens with one attached hydrogen (secondary N) is 1. The van der Waals surface area contributed by atoms with Gasteiger partial charge < -0.3 is 19.4 Å². The Morgan fingerprint density at radius 2 is 1.79 bits per heavy atom. The fourth-order valence-corrected chi connectivity index (χ4v) is 5.39. The maximum absolute atomic E-state index is 14.1. The van der Waals surface area contributed by atoms with Crippen molar-refractivity contribution in [3.63, 3.8) is 0 Å². The second-order valence-electron chi connectivity index (χ2n) is 10.5. The molecule has 1 N–H and O–H groups in total. The number of anilines is 1. The maximum atomic E-state index is 14.1. The minimum absolute atomic E-state index is 0.290. The first-order valence-electron chi connectivity index (χ1n) is 14.4. The van der Waals surface area contributed by atoms with Crippen LogP contribution in [-0.2, 0) is 0 Å². The fraction of sp³-hybridized carbons (Fsp3) is 0.516. The van der Waals surface area contributed by atoms with Crippen LogP contribution in [0.5, 0.6) is 5.75 Å². The van der Waals surface area contributed by atoms with E-state index in [0.29, 0.717) is 28.7 Å². The molecule has 204 valence electrons. The van der Waals surface area contributed by atoms with Crippen molar-refractivity contribution in [3.05, 3.63) is 42.2 Å². The summed E-state index contributed by atoms with van der Waals surface area (Å²) in [4.78, 5) is 9.89. The average Bonchev–Trinajstić information content (AvgIpc) is 3.57. The molecule has 1 aliphatic heterocycles. The number of fused-ring (bicyclic) bond motifs is 4. The van der Waals surface area contributed by atoms with Gasteiger partial charge in [0.05, 0.1) is 11.2 Å². The van der Waals surface area contributed by atoms with E-state index in [1.807, 2.05) is 12.1 Å². The maximum Gasteiger partial charge on any atom is 0.177 e. The van der Waals surface area contributed by atoms with E-state index in [0.717, 1.165) is 68.2 Å². The van der Waals surface area contributed by atoms with E-state index in [1.54, 1.807) is 6.07 Å². The zero-order valence-electron chi connectivity index (χ0n) is 22.9. The molecule has 6 nitrogen and oxygen atoms in total. The van der Waals surface area contributed by atoms with Crippen LogP contribution in [-0.4, -0.2) is 67.2 Å². The van der Waals surface area contributed by atoms with Crippen LogP contribution in [0.2, 0.25) is 0 Å². The Balaban J connectivity index is 1.41. The molecular formula is C31H41FN4O2. The van der Waals surface area contributed by atoms with Gasteiger partial charge in [-0.15, -0.1) is 0 Å². The molecular weight excluding hydrogens is 479 g/mol. The largest absolute Gasteiger partial charge is 0.492 e. The van der Waals surface area contributed by atoms with E-state index in [9.17, 15) is 4.39 Å². The number of unbranched alkanes of at least 4 members (excludes halogenated alkanes) is 2. The number of benzene rings is 2. The molecule has 0 atom stereocenters. The Hall–Kier alpha value is -2.90. The molecule has 1 fully saturated rings. The molecule has 0 amide bonds. The third-order valence-electron chi connectivity index (χ3n) is 7.58. The number of aromatic nitrogens is 1. The minimum atomic E-state index is -0.290. The van der Waals surface area contributed by atoms with Gasteiger partial charge in [0.1, 0.15) is 29.3 Å². The molecule has 3 heterocycles. The quantitative estimate of drug-likeness (QED) is 0.192. The lowest BCUT2D eigenvalue weighted by Crippen LogP contribution is -2.30. The second-order valence-corrected chi connectivity index (χ2v) is 10.5. The highest BCUT2D eigenvalue weighted by molar-refractivity contribution is 6.14. The summed E-state index contributed by atoms with van der Waals surface area (Å²) in [5.41, 5.74) is 3.74. The number of halogens is 1. The number of ether oxygens (including phenoxy) is 1. The molecule has 1 aliphatic rings. The van der Waals surface area contributed by atoms with E-state index in [1.165, 1.54) is 50.7 Å². The smallest absolute Gasteiger partial charge is 0.177 e. The van der Waals surface area contributed by atoms with Gasteiger partial charge in [-0.25, -0.2) is 9.37 Å². The van der Waals surface area contributed by atoms with Crippen LogP contribution in [0.1, 0.15) is 52.4 Å². The Morgan fingerprint density at radius 3 is 2.55 bits per heavy atom. The number of nitrogens with zero attached hydrogens (tertiary/aromatic N) is 3. The van der Waals surface area contributed by atoms with E-state index in [2.05, 4.69) is 35.0 Å². The van der Waals surface area contributed by atoms with Gasteiger partial charge in [0, 0.05) is 30.4 Å². The van der Waals surface area contributed by atoms with Crippen molar-refractivity contribution in [2.24, 2.45) is 0 Å². The topological polar surface area (TPSA) is 53.8 Å². The van der Waals surface area contributed by atoms with Crippen molar-refractivity contribution in [2.45, 2.75) is 52.4 Å². The van der Waals surface area contributed by atoms with Crippen LogP contribution in [0.25, 0.3) is 33.0 Å². The van der Waals surface area contributed by atoms with Crippen LogP contribution >= 0.6 is 0 Å². The molecule has 0 bridgehead atoms. The molecule has 1 saturated heterocycles. The molecule has 5 rings (SSSR count). The third kappa shape index (κ3) is 6.21. The van der Waals surface area contributed by atoms with Crippen LogP contribution in [0, 0.1) is 5.82 Å². The number of pyridine rings is 1. The Bertz CT molecular complexity index is 1340. The summed E-state index contributed by atoms with van der Waals surface area (Å²) in [6.45, 7) is 12.4. The standard InChI is InChI=1S/C31H41FN4O2/c1-3-5-14-36(15-6-4-2)19-20-37-24-10-11-27-25(22-24)29(33-13-18-35-16-7-8-17-35)31-30(34-27)26-21-23(32)9-12-28(26)38-31/h9-12,21-22H,3-8,13-20H2,1-2H3,(H,33,34).